The van der Waals surface area contributed by atoms with Crippen molar-refractivity contribution in [3.05, 3.63) is 39.7 Å². The molecule has 1 aromatic heterocycles. The van der Waals surface area contributed by atoms with Crippen LogP contribution in [0.5, 0.6) is 0 Å². The number of rotatable bonds is 8. The van der Waals surface area contributed by atoms with Gasteiger partial charge in [-0.15, -0.1) is 0 Å². The maximum absolute atomic E-state index is 13.6. The minimum absolute atomic E-state index is 0.0356. The topological polar surface area (TPSA) is 90.5 Å². The molecule has 3 fully saturated rings. The highest BCUT2D eigenvalue weighted by Gasteiger charge is 2.44. The van der Waals surface area contributed by atoms with Gasteiger partial charge in [0.15, 0.2) is 0 Å². The summed E-state index contributed by atoms with van der Waals surface area (Å²) in [5, 5.41) is 6.91. The molecular formula is C29H43N5O4. The number of hydrogen-bond donors (Lipinski definition) is 1. The molecule has 9 nitrogen and oxygen atoms in total. The number of nitrogens with one attached hydrogen (secondary N) is 1. The molecule has 2 aromatic rings. The Morgan fingerprint density at radius 2 is 1.87 bits per heavy atom. The van der Waals surface area contributed by atoms with Crippen molar-refractivity contribution in [3.63, 3.8) is 0 Å². The van der Waals surface area contributed by atoms with Crippen molar-refractivity contribution in [1.29, 1.82) is 0 Å². The van der Waals surface area contributed by atoms with Gasteiger partial charge in [0, 0.05) is 82.2 Å². The molecule has 0 radical (unpaired) electrons. The van der Waals surface area contributed by atoms with Gasteiger partial charge in [-0.2, -0.15) is 5.10 Å². The second-order valence-corrected chi connectivity index (χ2v) is 10.6. The first-order valence-corrected chi connectivity index (χ1v) is 13.9. The van der Waals surface area contributed by atoms with Gasteiger partial charge in [0.05, 0.1) is 23.9 Å². The monoisotopic (exact) mass is 525 g/mol. The van der Waals surface area contributed by atoms with Crippen molar-refractivity contribution < 1.29 is 14.3 Å². The van der Waals surface area contributed by atoms with Crippen LogP contribution in [0.4, 0.5) is 5.69 Å². The minimum atomic E-state index is -0.199. The van der Waals surface area contributed by atoms with Crippen LogP contribution < -0.4 is 10.6 Å². The van der Waals surface area contributed by atoms with E-state index in [4.69, 9.17) is 9.47 Å². The summed E-state index contributed by atoms with van der Waals surface area (Å²) in [5.74, 6) is 0.0356. The standard InChI is InChI=1S/C27H37N5O4.C2H6/c1-19-14-23-22(24(16-25(33)29-23)32(28-2)20-4-12-36-13-5-20)15-21(19)26(34)31-10-8-30(9-11-31)17-27(6-7-27)18-35-3;1-2/h14-16,20H,2,4-13,17-18H2,1,3H3,(H,29,33);1-2H3. The smallest absolute Gasteiger partial charge is 0.254 e. The number of carbonyl (C=O) groups excluding carboxylic acids is 1. The maximum atomic E-state index is 13.6. The molecule has 38 heavy (non-hydrogen) atoms. The number of ether oxygens (including phenoxy) is 2. The van der Waals surface area contributed by atoms with Crippen LogP contribution in [0.3, 0.4) is 0 Å². The largest absolute Gasteiger partial charge is 0.384 e. The Balaban J connectivity index is 0.00000164. The van der Waals surface area contributed by atoms with Gasteiger partial charge >= 0.3 is 0 Å². The number of carbonyl (C=O) groups is 1. The van der Waals surface area contributed by atoms with Gasteiger partial charge in [-0.3, -0.25) is 19.5 Å². The van der Waals surface area contributed by atoms with E-state index in [1.807, 2.05) is 42.8 Å². The van der Waals surface area contributed by atoms with Crippen molar-refractivity contribution in [3.8, 4) is 0 Å². The Labute approximate surface area is 225 Å². The molecule has 1 aliphatic carbocycles. The average Bonchev–Trinajstić information content (AvgIpc) is 3.69. The molecule has 0 bridgehead atoms. The summed E-state index contributed by atoms with van der Waals surface area (Å²) in [4.78, 5) is 33.5. The molecule has 3 heterocycles. The quantitative estimate of drug-likeness (QED) is 0.418. The number of hydrazone groups is 1. The van der Waals surface area contributed by atoms with Crippen molar-refractivity contribution in [2.45, 2.75) is 52.5 Å². The first-order chi connectivity index (χ1) is 18.4. The Morgan fingerprint density at radius 3 is 2.47 bits per heavy atom. The van der Waals surface area contributed by atoms with Gasteiger partial charge in [-0.1, -0.05) is 13.8 Å². The summed E-state index contributed by atoms with van der Waals surface area (Å²) < 4.78 is 10.9. The second-order valence-electron chi connectivity index (χ2n) is 10.6. The van der Waals surface area contributed by atoms with E-state index in [-0.39, 0.29) is 17.5 Å². The van der Waals surface area contributed by atoms with E-state index in [1.54, 1.807) is 13.2 Å². The van der Waals surface area contributed by atoms with E-state index < -0.39 is 0 Å². The molecule has 2 saturated heterocycles. The zero-order valence-electron chi connectivity index (χ0n) is 23.4. The average molecular weight is 526 g/mol. The summed E-state index contributed by atoms with van der Waals surface area (Å²) in [6.45, 7) is 16.0. The first kappa shape index (κ1) is 28.3. The molecule has 1 N–H and O–H groups in total. The molecule has 0 unspecified atom stereocenters. The van der Waals surface area contributed by atoms with Gasteiger partial charge < -0.3 is 19.4 Å². The van der Waals surface area contributed by atoms with E-state index in [0.717, 1.165) is 50.0 Å². The second kappa shape index (κ2) is 12.4. The fraction of sp³-hybridized carbons (Fsp3) is 0.621. The van der Waals surface area contributed by atoms with Gasteiger partial charge in [0.25, 0.3) is 11.5 Å². The predicted octanol–water partition coefficient (Wildman–Crippen LogP) is 3.65. The Hall–Kier alpha value is -2.75. The summed E-state index contributed by atoms with van der Waals surface area (Å²) >= 11 is 0. The number of H-pyrrole nitrogens is 1. The lowest BCUT2D eigenvalue weighted by atomic mass is 10.0. The van der Waals surface area contributed by atoms with Crippen molar-refractivity contribution in [2.75, 3.05) is 64.7 Å². The number of aromatic nitrogens is 1. The zero-order valence-corrected chi connectivity index (χ0v) is 23.4. The van der Waals surface area contributed by atoms with Crippen LogP contribution in [0.1, 0.15) is 55.5 Å². The third-order valence-electron chi connectivity index (χ3n) is 7.96. The molecule has 1 saturated carbocycles. The third kappa shape index (κ3) is 6.11. The highest BCUT2D eigenvalue weighted by Crippen LogP contribution is 2.46. The lowest BCUT2D eigenvalue weighted by Crippen LogP contribution is -2.50. The maximum Gasteiger partial charge on any atom is 0.254 e. The van der Waals surface area contributed by atoms with E-state index >= 15 is 0 Å². The SMILES string of the molecule is C=NN(c1cc(=O)[nH]c2cc(C)c(C(=O)N3CCN(CC4(COC)CC4)CC3)cc12)C1CCOCC1.CC. The molecule has 208 valence electrons. The van der Waals surface area contributed by atoms with Crippen LogP contribution in [0, 0.1) is 12.3 Å². The van der Waals surface area contributed by atoms with Crippen molar-refractivity contribution in [2.24, 2.45) is 10.5 Å². The molecule has 1 amide bonds. The molecule has 5 rings (SSSR count). The summed E-state index contributed by atoms with van der Waals surface area (Å²) in [5.41, 5.74) is 3.02. The molecule has 1 aromatic carbocycles. The molecule has 2 aliphatic heterocycles. The van der Waals surface area contributed by atoms with Crippen LogP contribution in [0.2, 0.25) is 0 Å². The van der Waals surface area contributed by atoms with Crippen molar-refractivity contribution in [1.82, 2.24) is 14.8 Å². The molecule has 0 atom stereocenters. The van der Waals surface area contributed by atoms with Gasteiger partial charge in [0.1, 0.15) is 0 Å². The number of anilines is 1. The summed E-state index contributed by atoms with van der Waals surface area (Å²) in [7, 11) is 1.78. The van der Waals surface area contributed by atoms with Crippen LogP contribution in [0.15, 0.2) is 28.1 Å². The molecule has 9 heteroatoms. The van der Waals surface area contributed by atoms with Gasteiger partial charge in [-0.25, -0.2) is 0 Å². The molecule has 0 spiro atoms. The van der Waals surface area contributed by atoms with Crippen molar-refractivity contribution >= 4 is 29.2 Å². The minimum Gasteiger partial charge on any atom is -0.384 e. The first-order valence-electron chi connectivity index (χ1n) is 13.9. The Morgan fingerprint density at radius 1 is 1.18 bits per heavy atom. The number of piperazine rings is 1. The van der Waals surface area contributed by atoms with Gasteiger partial charge in [-0.05, 0) is 50.3 Å². The number of amides is 1. The number of methoxy groups -OCH3 is 1. The van der Waals surface area contributed by atoms with E-state index in [9.17, 15) is 9.59 Å². The number of aromatic amines is 1. The van der Waals surface area contributed by atoms with Crippen LogP contribution in [0.25, 0.3) is 10.9 Å². The fourth-order valence-electron chi connectivity index (χ4n) is 5.72. The van der Waals surface area contributed by atoms with Crippen LogP contribution in [-0.4, -0.2) is 93.1 Å². The van der Waals surface area contributed by atoms with E-state index in [1.165, 1.54) is 12.8 Å². The lowest BCUT2D eigenvalue weighted by molar-refractivity contribution is 0.0546. The number of fused-ring (bicyclic) bond motifs is 1. The molecule has 3 aliphatic rings. The Kier molecular flexibility index (Phi) is 9.23. The summed E-state index contributed by atoms with van der Waals surface area (Å²) in [6, 6.07) is 5.47. The highest BCUT2D eigenvalue weighted by atomic mass is 16.5. The van der Waals surface area contributed by atoms with Crippen LogP contribution >= 0.6 is 0 Å². The number of hydrogen-bond acceptors (Lipinski definition) is 7. The van der Waals surface area contributed by atoms with E-state index in [0.29, 0.717) is 48.5 Å². The molecular weight excluding hydrogens is 482 g/mol. The Bertz CT molecular complexity index is 1180. The number of benzene rings is 1. The number of nitrogens with zero attached hydrogens (tertiary/aromatic N) is 4. The zero-order chi connectivity index (χ0) is 27.3. The highest BCUT2D eigenvalue weighted by molar-refractivity contribution is 6.02. The predicted molar refractivity (Wildman–Crippen MR) is 152 cm³/mol. The summed E-state index contributed by atoms with van der Waals surface area (Å²) in [6.07, 6.45) is 4.07. The normalized spacial score (nSPS) is 19.5. The lowest BCUT2D eigenvalue weighted by Gasteiger charge is -2.37. The van der Waals surface area contributed by atoms with E-state index in [2.05, 4.69) is 21.7 Å². The van der Waals surface area contributed by atoms with Gasteiger partial charge in [0.2, 0.25) is 0 Å². The number of pyridine rings is 1. The fourth-order valence-corrected chi connectivity index (χ4v) is 5.72. The van der Waals surface area contributed by atoms with Crippen LogP contribution in [-0.2, 0) is 9.47 Å². The number of aryl methyl sites for hydroxylation is 1. The third-order valence-corrected chi connectivity index (χ3v) is 7.96.